The van der Waals surface area contributed by atoms with Crippen molar-refractivity contribution in [1.82, 2.24) is 19.9 Å². The van der Waals surface area contributed by atoms with Gasteiger partial charge in [-0.3, -0.25) is 14.4 Å². The summed E-state index contributed by atoms with van der Waals surface area (Å²) in [6.07, 6.45) is 2.81. The second-order valence-electron chi connectivity index (χ2n) is 12.0. The average molecular weight is 600 g/mol. The number of hydrogen-bond donors (Lipinski definition) is 3. The first-order valence-electron chi connectivity index (χ1n) is 14.9. The lowest BCUT2D eigenvalue weighted by molar-refractivity contribution is -0.130. The zero-order chi connectivity index (χ0) is 31.8. The molecule has 1 fully saturated rings. The molecule has 0 spiro atoms. The molecule has 1 aliphatic carbocycles. The minimum absolute atomic E-state index is 0.0200. The number of amides is 3. The Hall–Kier alpha value is -4.76. The van der Waals surface area contributed by atoms with E-state index >= 15 is 0 Å². The van der Waals surface area contributed by atoms with Crippen molar-refractivity contribution in [2.24, 2.45) is 11.5 Å². The van der Waals surface area contributed by atoms with Crippen LogP contribution in [0.4, 0.5) is 0 Å². The molecule has 1 aromatic heterocycles. The van der Waals surface area contributed by atoms with Crippen molar-refractivity contribution in [2.45, 2.75) is 76.4 Å². The lowest BCUT2D eigenvalue weighted by Crippen LogP contribution is -2.46. The van der Waals surface area contributed by atoms with E-state index in [1.807, 2.05) is 32.9 Å². The van der Waals surface area contributed by atoms with E-state index in [4.69, 9.17) is 16.0 Å². The molecule has 230 valence electrons. The third kappa shape index (κ3) is 5.51. The smallest absolute Gasteiger partial charge is 0.366 e. The third-order valence-corrected chi connectivity index (χ3v) is 8.73. The van der Waals surface area contributed by atoms with Crippen molar-refractivity contribution < 1.29 is 18.9 Å². The molecule has 2 heterocycles. The largest absolute Gasteiger partial charge is 0.459 e. The Balaban J connectivity index is 1.69. The molecule has 1 unspecified atom stereocenters. The molecule has 5 N–H and O–H groups in total. The van der Waals surface area contributed by atoms with Crippen molar-refractivity contribution in [3.8, 4) is 6.07 Å². The van der Waals surface area contributed by atoms with Crippen LogP contribution < -0.4 is 22.5 Å². The van der Waals surface area contributed by atoms with E-state index in [2.05, 4.69) is 16.4 Å². The van der Waals surface area contributed by atoms with Crippen LogP contribution in [-0.4, -0.2) is 57.5 Å². The van der Waals surface area contributed by atoms with Gasteiger partial charge in [0, 0.05) is 23.7 Å². The lowest BCUT2D eigenvalue weighted by Gasteiger charge is -2.38. The van der Waals surface area contributed by atoms with Gasteiger partial charge in [0.1, 0.15) is 6.04 Å². The van der Waals surface area contributed by atoms with Gasteiger partial charge in [-0.15, -0.1) is 0 Å². The second kappa shape index (κ2) is 12.1. The quantitative estimate of drug-likeness (QED) is 0.332. The van der Waals surface area contributed by atoms with E-state index in [0.717, 1.165) is 28.7 Å². The number of likely N-dealkylation sites (tertiary alicyclic amines) is 1. The van der Waals surface area contributed by atoms with Crippen LogP contribution in [-0.2, 0) is 23.1 Å². The van der Waals surface area contributed by atoms with Crippen molar-refractivity contribution in [1.29, 1.82) is 5.26 Å². The van der Waals surface area contributed by atoms with Crippen LogP contribution in [0.5, 0.6) is 0 Å². The number of aryl methyl sites for hydroxylation is 2. The van der Waals surface area contributed by atoms with E-state index in [1.165, 1.54) is 4.74 Å². The predicted molar refractivity (Wildman–Crippen MR) is 161 cm³/mol. The monoisotopic (exact) mass is 599 g/mol. The standard InChI is InChI=1S/C32H37N7O5/c1-18(2)39-30(37-31(43)44-39)32(15-19(3)36-17-27(40)38-12-4-5-24(38)16-33)25-10-8-22(28(34)41)13-20(25)6-7-21-14-23(29(35)42)9-11-26(21)32/h8-11,13-14,18-19,24,36H,4-7,12,15,17H2,1-3H3,(H2,34,41)(H2,35,42)/t19-,24?/m1/s1. The molecule has 5 rings (SSSR count). The summed E-state index contributed by atoms with van der Waals surface area (Å²) in [5.41, 5.74) is 14.2. The van der Waals surface area contributed by atoms with Gasteiger partial charge in [-0.05, 0) is 99.4 Å². The van der Waals surface area contributed by atoms with E-state index < -0.39 is 29.0 Å². The normalized spacial score (nSPS) is 17.8. The number of nitrogens with zero attached hydrogens (tertiary/aromatic N) is 4. The van der Waals surface area contributed by atoms with Gasteiger partial charge in [0.05, 0.1) is 24.1 Å². The molecule has 0 bridgehead atoms. The Morgan fingerprint density at radius 1 is 1.07 bits per heavy atom. The maximum Gasteiger partial charge on any atom is 0.459 e. The minimum Gasteiger partial charge on any atom is -0.366 e. The maximum atomic E-state index is 13.1. The summed E-state index contributed by atoms with van der Waals surface area (Å²) in [5, 5.41) is 12.8. The van der Waals surface area contributed by atoms with Crippen LogP contribution in [0.1, 0.15) is 94.9 Å². The van der Waals surface area contributed by atoms with E-state index in [0.29, 0.717) is 49.2 Å². The topological polar surface area (TPSA) is 190 Å². The van der Waals surface area contributed by atoms with Crippen LogP contribution in [0.3, 0.4) is 0 Å². The lowest BCUT2D eigenvalue weighted by atomic mass is 9.67. The van der Waals surface area contributed by atoms with Crippen molar-refractivity contribution in [3.05, 3.63) is 86.2 Å². The van der Waals surface area contributed by atoms with Crippen LogP contribution in [0.2, 0.25) is 0 Å². The van der Waals surface area contributed by atoms with Gasteiger partial charge in [0.15, 0.2) is 5.82 Å². The van der Waals surface area contributed by atoms with Gasteiger partial charge in [0.2, 0.25) is 17.7 Å². The first-order valence-corrected chi connectivity index (χ1v) is 14.9. The number of nitrogens with two attached hydrogens (primary N) is 2. The van der Waals surface area contributed by atoms with Crippen LogP contribution >= 0.6 is 0 Å². The molecular formula is C32H37N7O5. The Morgan fingerprint density at radius 3 is 2.18 bits per heavy atom. The molecule has 0 saturated carbocycles. The molecule has 44 heavy (non-hydrogen) atoms. The Morgan fingerprint density at radius 2 is 1.66 bits per heavy atom. The van der Waals surface area contributed by atoms with E-state index in [1.54, 1.807) is 29.2 Å². The fourth-order valence-corrected chi connectivity index (χ4v) is 6.72. The zero-order valence-electron chi connectivity index (χ0n) is 25.1. The van der Waals surface area contributed by atoms with Gasteiger partial charge < -0.3 is 26.2 Å². The number of benzene rings is 2. The second-order valence-corrected chi connectivity index (χ2v) is 12.0. The summed E-state index contributed by atoms with van der Waals surface area (Å²) in [6.45, 7) is 6.27. The maximum absolute atomic E-state index is 13.1. The number of nitrogens with one attached hydrogen (secondary N) is 1. The molecule has 3 amide bonds. The molecule has 2 aromatic carbocycles. The van der Waals surface area contributed by atoms with Crippen molar-refractivity contribution >= 4 is 17.7 Å². The highest BCUT2D eigenvalue weighted by Gasteiger charge is 2.47. The molecule has 2 atom stereocenters. The number of aromatic nitrogens is 2. The number of nitriles is 1. The number of hydrogen-bond acceptors (Lipinski definition) is 8. The molecule has 2 aliphatic rings. The number of carbonyl (C=O) groups excluding carboxylic acids is 3. The van der Waals surface area contributed by atoms with Gasteiger partial charge in [0.25, 0.3) is 0 Å². The first-order chi connectivity index (χ1) is 21.0. The third-order valence-electron chi connectivity index (χ3n) is 8.73. The Labute approximate surface area is 255 Å². The number of rotatable bonds is 9. The number of fused-ring (bicyclic) bond motifs is 2. The van der Waals surface area contributed by atoms with Crippen LogP contribution in [0.15, 0.2) is 45.7 Å². The minimum atomic E-state index is -1.11. The predicted octanol–water partition coefficient (Wildman–Crippen LogP) is 1.93. The molecule has 1 aliphatic heterocycles. The number of carbonyl (C=O) groups is 3. The first kappa shape index (κ1) is 30.7. The van der Waals surface area contributed by atoms with Gasteiger partial charge in [-0.2, -0.15) is 15.0 Å². The molecule has 12 nitrogen and oxygen atoms in total. The van der Waals surface area contributed by atoms with Crippen LogP contribution in [0, 0.1) is 11.3 Å². The van der Waals surface area contributed by atoms with Crippen molar-refractivity contribution in [3.63, 3.8) is 0 Å². The zero-order valence-corrected chi connectivity index (χ0v) is 25.1. The molecular weight excluding hydrogens is 562 g/mol. The summed E-state index contributed by atoms with van der Waals surface area (Å²) >= 11 is 0. The highest BCUT2D eigenvalue weighted by atomic mass is 16.5. The van der Waals surface area contributed by atoms with E-state index in [9.17, 15) is 24.4 Å². The summed E-state index contributed by atoms with van der Waals surface area (Å²) in [6, 6.07) is 11.7. The summed E-state index contributed by atoms with van der Waals surface area (Å²) in [5.74, 6) is -1.68. The Kier molecular flexibility index (Phi) is 8.43. The van der Waals surface area contributed by atoms with Gasteiger partial charge in [-0.1, -0.05) is 12.1 Å². The summed E-state index contributed by atoms with van der Waals surface area (Å²) in [4.78, 5) is 56.3. The molecule has 12 heteroatoms. The number of primary amides is 2. The summed E-state index contributed by atoms with van der Waals surface area (Å²) < 4.78 is 7.12. The molecule has 3 aromatic rings. The van der Waals surface area contributed by atoms with Crippen LogP contribution in [0.25, 0.3) is 0 Å². The fraction of sp³-hybridized carbons (Fsp3) is 0.438. The van der Waals surface area contributed by atoms with Crippen molar-refractivity contribution in [2.75, 3.05) is 13.1 Å². The highest BCUT2D eigenvalue weighted by Crippen LogP contribution is 2.48. The average Bonchev–Trinajstić information content (AvgIpc) is 3.61. The van der Waals surface area contributed by atoms with E-state index in [-0.39, 0.29) is 24.5 Å². The molecule has 1 saturated heterocycles. The fourth-order valence-electron chi connectivity index (χ4n) is 6.72. The van der Waals surface area contributed by atoms with Gasteiger partial charge in [-0.25, -0.2) is 4.79 Å². The molecule has 0 radical (unpaired) electrons. The summed E-state index contributed by atoms with van der Waals surface area (Å²) in [7, 11) is 0. The Bertz CT molecular complexity index is 1650. The highest BCUT2D eigenvalue weighted by molar-refractivity contribution is 5.94. The SMILES string of the molecule is CC(C)n1oc(=O)nc1C1(C[C@@H](C)NCC(=O)N2CCCC2C#N)c2ccc(C(N)=O)cc2CCc2cc(C(N)=O)ccc21. The van der Waals surface area contributed by atoms with Gasteiger partial charge >= 0.3 is 5.76 Å².